The zero-order valence-electron chi connectivity index (χ0n) is 11.2. The quantitative estimate of drug-likeness (QED) is 0.781. The first-order valence-corrected chi connectivity index (χ1v) is 7.78. The van der Waals surface area contributed by atoms with E-state index < -0.39 is 0 Å². The lowest BCUT2D eigenvalue weighted by molar-refractivity contribution is 0.266. The molecule has 0 radical (unpaired) electrons. The molecule has 1 heterocycles. The Labute approximate surface area is 123 Å². The SMILES string of the molecule is CC1CN(c2ccc(Cl)cc2CBr)CC1N(C)C. The van der Waals surface area contributed by atoms with Crippen molar-refractivity contribution in [3.05, 3.63) is 28.8 Å². The molecule has 2 atom stereocenters. The molecule has 0 N–H and O–H groups in total. The number of rotatable bonds is 3. The van der Waals surface area contributed by atoms with E-state index in [1.807, 2.05) is 6.07 Å². The molecule has 0 bridgehead atoms. The highest BCUT2D eigenvalue weighted by Crippen LogP contribution is 2.31. The van der Waals surface area contributed by atoms with Crippen molar-refractivity contribution in [2.24, 2.45) is 5.92 Å². The summed E-state index contributed by atoms with van der Waals surface area (Å²) in [5.41, 5.74) is 2.58. The van der Waals surface area contributed by atoms with Crippen LogP contribution in [0.15, 0.2) is 18.2 Å². The molecule has 0 aliphatic carbocycles. The lowest BCUT2D eigenvalue weighted by Gasteiger charge is -2.24. The molecular formula is C14H20BrClN2. The third kappa shape index (κ3) is 2.84. The number of nitrogens with zero attached hydrogens (tertiary/aromatic N) is 2. The maximum Gasteiger partial charge on any atom is 0.0410 e. The van der Waals surface area contributed by atoms with E-state index in [-0.39, 0.29) is 0 Å². The molecule has 0 aromatic heterocycles. The van der Waals surface area contributed by atoms with Gasteiger partial charge in [-0.1, -0.05) is 34.5 Å². The van der Waals surface area contributed by atoms with Gasteiger partial charge in [-0.3, -0.25) is 0 Å². The van der Waals surface area contributed by atoms with Gasteiger partial charge in [-0.25, -0.2) is 0 Å². The number of alkyl halides is 1. The monoisotopic (exact) mass is 330 g/mol. The number of halogens is 2. The Bertz CT molecular complexity index is 422. The van der Waals surface area contributed by atoms with Gasteiger partial charge in [-0.05, 0) is 43.8 Å². The van der Waals surface area contributed by atoms with Gasteiger partial charge in [0, 0.05) is 35.2 Å². The van der Waals surface area contributed by atoms with Crippen LogP contribution in [-0.2, 0) is 5.33 Å². The molecule has 1 saturated heterocycles. The number of benzene rings is 1. The number of hydrogen-bond donors (Lipinski definition) is 0. The third-order valence-electron chi connectivity index (χ3n) is 3.76. The first-order valence-electron chi connectivity index (χ1n) is 6.28. The van der Waals surface area contributed by atoms with Crippen molar-refractivity contribution in [2.75, 3.05) is 32.1 Å². The summed E-state index contributed by atoms with van der Waals surface area (Å²) in [6.07, 6.45) is 0. The summed E-state index contributed by atoms with van der Waals surface area (Å²) < 4.78 is 0. The van der Waals surface area contributed by atoms with Crippen LogP contribution in [-0.4, -0.2) is 38.1 Å². The Morgan fingerprint density at radius 2 is 2.11 bits per heavy atom. The van der Waals surface area contributed by atoms with Crippen molar-refractivity contribution in [1.82, 2.24) is 4.90 Å². The molecule has 1 aliphatic rings. The molecule has 2 unspecified atom stereocenters. The van der Waals surface area contributed by atoms with Crippen molar-refractivity contribution >= 4 is 33.2 Å². The molecule has 0 saturated carbocycles. The molecule has 1 aromatic rings. The normalized spacial score (nSPS) is 24.0. The zero-order valence-corrected chi connectivity index (χ0v) is 13.5. The maximum atomic E-state index is 6.06. The summed E-state index contributed by atoms with van der Waals surface area (Å²) in [5.74, 6) is 0.693. The predicted octanol–water partition coefficient (Wildman–Crippen LogP) is 3.62. The van der Waals surface area contributed by atoms with E-state index in [0.717, 1.165) is 23.4 Å². The molecule has 4 heteroatoms. The summed E-state index contributed by atoms with van der Waals surface area (Å²) in [6, 6.07) is 6.81. The minimum absolute atomic E-state index is 0.629. The van der Waals surface area contributed by atoms with E-state index in [4.69, 9.17) is 11.6 Å². The van der Waals surface area contributed by atoms with Gasteiger partial charge in [0.05, 0.1) is 0 Å². The van der Waals surface area contributed by atoms with E-state index >= 15 is 0 Å². The van der Waals surface area contributed by atoms with E-state index in [0.29, 0.717) is 12.0 Å². The molecule has 0 amide bonds. The van der Waals surface area contributed by atoms with Crippen LogP contribution < -0.4 is 4.90 Å². The van der Waals surface area contributed by atoms with Crippen LogP contribution in [0, 0.1) is 5.92 Å². The number of likely N-dealkylation sites (N-methyl/N-ethyl adjacent to an activating group) is 1. The molecule has 2 rings (SSSR count). The van der Waals surface area contributed by atoms with Gasteiger partial charge in [-0.15, -0.1) is 0 Å². The molecule has 1 aliphatic heterocycles. The molecule has 1 fully saturated rings. The largest absolute Gasteiger partial charge is 0.369 e. The number of anilines is 1. The van der Waals surface area contributed by atoms with E-state index in [2.05, 4.69) is 58.9 Å². The van der Waals surface area contributed by atoms with Gasteiger partial charge in [0.15, 0.2) is 0 Å². The zero-order chi connectivity index (χ0) is 13.3. The Morgan fingerprint density at radius 3 is 2.67 bits per heavy atom. The average molecular weight is 332 g/mol. The third-order valence-corrected chi connectivity index (χ3v) is 4.60. The van der Waals surface area contributed by atoms with Gasteiger partial charge in [0.1, 0.15) is 0 Å². The lowest BCUT2D eigenvalue weighted by atomic mass is 10.1. The van der Waals surface area contributed by atoms with Gasteiger partial charge >= 0.3 is 0 Å². The summed E-state index contributed by atoms with van der Waals surface area (Å²) in [5, 5.41) is 1.66. The van der Waals surface area contributed by atoms with Crippen LogP contribution in [0.4, 0.5) is 5.69 Å². The van der Waals surface area contributed by atoms with Gasteiger partial charge in [0.2, 0.25) is 0 Å². The standard InChI is InChI=1S/C14H20BrClN2/c1-10-8-18(9-14(10)17(2)3)13-5-4-12(16)6-11(13)7-15/h4-6,10,14H,7-9H2,1-3H3. The predicted molar refractivity (Wildman–Crippen MR) is 82.9 cm³/mol. The molecule has 0 spiro atoms. The minimum atomic E-state index is 0.629. The second-order valence-corrected chi connectivity index (χ2v) is 6.32. The van der Waals surface area contributed by atoms with E-state index in [1.165, 1.54) is 11.3 Å². The van der Waals surface area contributed by atoms with Gasteiger partial charge in [0.25, 0.3) is 0 Å². The average Bonchev–Trinajstić information content (AvgIpc) is 2.71. The van der Waals surface area contributed by atoms with Crippen molar-refractivity contribution < 1.29 is 0 Å². The van der Waals surface area contributed by atoms with Crippen LogP contribution in [0.5, 0.6) is 0 Å². The lowest BCUT2D eigenvalue weighted by Crippen LogP contribution is -2.34. The first-order chi connectivity index (χ1) is 8.52. The highest BCUT2D eigenvalue weighted by molar-refractivity contribution is 9.08. The van der Waals surface area contributed by atoms with E-state index in [1.54, 1.807) is 0 Å². The smallest absolute Gasteiger partial charge is 0.0410 e. The fourth-order valence-electron chi connectivity index (χ4n) is 2.79. The second-order valence-electron chi connectivity index (χ2n) is 5.32. The Morgan fingerprint density at radius 1 is 1.39 bits per heavy atom. The van der Waals surface area contributed by atoms with Crippen molar-refractivity contribution in [3.63, 3.8) is 0 Å². The Kier molecular flexibility index (Phi) is 4.57. The topological polar surface area (TPSA) is 6.48 Å². The van der Waals surface area contributed by atoms with Crippen molar-refractivity contribution in [1.29, 1.82) is 0 Å². The Hall–Kier alpha value is -0.250. The maximum absolute atomic E-state index is 6.06. The molecule has 2 nitrogen and oxygen atoms in total. The van der Waals surface area contributed by atoms with Crippen LogP contribution >= 0.6 is 27.5 Å². The van der Waals surface area contributed by atoms with Crippen LogP contribution in [0.1, 0.15) is 12.5 Å². The molecule has 100 valence electrons. The van der Waals surface area contributed by atoms with Crippen LogP contribution in [0.3, 0.4) is 0 Å². The summed E-state index contributed by atoms with van der Waals surface area (Å²) >= 11 is 9.62. The first kappa shape index (κ1) is 14.2. The summed E-state index contributed by atoms with van der Waals surface area (Å²) in [7, 11) is 4.33. The Balaban J connectivity index is 2.23. The molecule has 18 heavy (non-hydrogen) atoms. The van der Waals surface area contributed by atoms with Crippen molar-refractivity contribution in [2.45, 2.75) is 18.3 Å². The van der Waals surface area contributed by atoms with Crippen LogP contribution in [0.25, 0.3) is 0 Å². The fraction of sp³-hybridized carbons (Fsp3) is 0.571. The van der Waals surface area contributed by atoms with Crippen LogP contribution in [0.2, 0.25) is 5.02 Å². The molecule has 1 aromatic carbocycles. The highest BCUT2D eigenvalue weighted by Gasteiger charge is 2.31. The van der Waals surface area contributed by atoms with E-state index in [9.17, 15) is 0 Å². The van der Waals surface area contributed by atoms with Crippen molar-refractivity contribution in [3.8, 4) is 0 Å². The van der Waals surface area contributed by atoms with Gasteiger partial charge < -0.3 is 9.80 Å². The minimum Gasteiger partial charge on any atom is -0.369 e. The summed E-state index contributed by atoms with van der Waals surface area (Å²) in [6.45, 7) is 4.54. The fourth-order valence-corrected chi connectivity index (χ4v) is 3.43. The van der Waals surface area contributed by atoms with Gasteiger partial charge in [-0.2, -0.15) is 0 Å². The second kappa shape index (κ2) is 5.81. The highest BCUT2D eigenvalue weighted by atomic mass is 79.9. The molecular weight excluding hydrogens is 312 g/mol. The number of hydrogen-bond acceptors (Lipinski definition) is 2. The summed E-state index contributed by atoms with van der Waals surface area (Å²) in [4.78, 5) is 4.80.